The van der Waals surface area contributed by atoms with E-state index in [-0.39, 0.29) is 0 Å². The monoisotopic (exact) mass is 298 g/mol. The summed E-state index contributed by atoms with van der Waals surface area (Å²) in [6.45, 7) is 5.72. The van der Waals surface area contributed by atoms with Gasteiger partial charge in [0, 0.05) is 30.9 Å². The molecule has 7 nitrogen and oxygen atoms in total. The largest absolute Gasteiger partial charge is 0.355 e. The Morgan fingerprint density at radius 3 is 3.05 bits per heavy atom. The predicted octanol–water partition coefficient (Wildman–Crippen LogP) is 2.34. The highest BCUT2D eigenvalue weighted by atomic mass is 16.5. The van der Waals surface area contributed by atoms with E-state index in [1.807, 2.05) is 20.0 Å². The number of rotatable bonds is 2. The van der Waals surface area contributed by atoms with Crippen molar-refractivity contribution in [2.24, 2.45) is 0 Å². The number of aromatic amines is 1. The van der Waals surface area contributed by atoms with Crippen LogP contribution in [0.1, 0.15) is 36.0 Å². The lowest BCUT2D eigenvalue weighted by molar-refractivity contribution is 0.442. The summed E-state index contributed by atoms with van der Waals surface area (Å²) < 4.78 is 5.32. The van der Waals surface area contributed by atoms with Crippen LogP contribution in [-0.4, -0.2) is 38.4 Å². The van der Waals surface area contributed by atoms with Crippen LogP contribution < -0.4 is 4.90 Å². The quantitative estimate of drug-likeness (QED) is 0.781. The van der Waals surface area contributed by atoms with Gasteiger partial charge in [-0.15, -0.1) is 0 Å². The van der Waals surface area contributed by atoms with Gasteiger partial charge in [0.15, 0.2) is 0 Å². The van der Waals surface area contributed by atoms with Crippen LogP contribution in [0.3, 0.4) is 0 Å². The molecule has 1 saturated heterocycles. The van der Waals surface area contributed by atoms with E-state index in [4.69, 9.17) is 4.52 Å². The Kier molecular flexibility index (Phi) is 3.06. The molecule has 1 aliphatic heterocycles. The molecule has 0 saturated carbocycles. The molecule has 1 fully saturated rings. The number of hydrogen-bond acceptors (Lipinski definition) is 6. The smallest absolute Gasteiger partial charge is 0.263 e. The molecule has 0 aromatic carbocycles. The SMILES string of the molecule is Cc1nc(N2CCC[C@H](c3ccn[nH]3)C2)c2c(C)noc2n1. The molecule has 22 heavy (non-hydrogen) atoms. The third kappa shape index (κ3) is 2.13. The molecule has 0 bridgehead atoms. The van der Waals surface area contributed by atoms with Gasteiger partial charge in [0.2, 0.25) is 0 Å². The number of piperidine rings is 1. The first-order valence-corrected chi connectivity index (χ1v) is 7.57. The van der Waals surface area contributed by atoms with Crippen molar-refractivity contribution in [2.45, 2.75) is 32.6 Å². The second-order valence-corrected chi connectivity index (χ2v) is 5.84. The van der Waals surface area contributed by atoms with Crippen molar-refractivity contribution in [1.82, 2.24) is 25.3 Å². The average molecular weight is 298 g/mol. The summed E-state index contributed by atoms with van der Waals surface area (Å²) in [5.74, 6) is 2.09. The van der Waals surface area contributed by atoms with Crippen LogP contribution in [0.2, 0.25) is 0 Å². The summed E-state index contributed by atoms with van der Waals surface area (Å²) in [6, 6.07) is 2.06. The number of aryl methyl sites for hydroxylation is 2. The third-order valence-electron chi connectivity index (χ3n) is 4.28. The van der Waals surface area contributed by atoms with Crippen LogP contribution in [0.25, 0.3) is 11.1 Å². The third-order valence-corrected chi connectivity index (χ3v) is 4.28. The summed E-state index contributed by atoms with van der Waals surface area (Å²) in [6.07, 6.45) is 4.10. The van der Waals surface area contributed by atoms with Gasteiger partial charge in [-0.3, -0.25) is 5.10 Å². The minimum Gasteiger partial charge on any atom is -0.355 e. The number of anilines is 1. The Hall–Kier alpha value is -2.44. The fourth-order valence-corrected chi connectivity index (χ4v) is 3.22. The standard InChI is InChI=1S/C15H18N6O/c1-9-13-14(17-10(2)18-15(13)22-20-9)21-7-3-4-11(8-21)12-5-6-16-19-12/h5-6,11H,3-4,7-8H2,1-2H3,(H,16,19)/t11-/m0/s1. The number of H-pyrrole nitrogens is 1. The lowest BCUT2D eigenvalue weighted by atomic mass is 9.95. The Morgan fingerprint density at radius 1 is 1.32 bits per heavy atom. The summed E-state index contributed by atoms with van der Waals surface area (Å²) in [7, 11) is 0. The highest BCUT2D eigenvalue weighted by Crippen LogP contribution is 2.32. The molecule has 1 atom stereocenters. The molecule has 1 N–H and O–H groups in total. The number of hydrogen-bond donors (Lipinski definition) is 1. The zero-order chi connectivity index (χ0) is 15.1. The zero-order valence-electron chi connectivity index (χ0n) is 12.7. The summed E-state index contributed by atoms with van der Waals surface area (Å²) >= 11 is 0. The fraction of sp³-hybridized carbons (Fsp3) is 0.467. The second kappa shape index (κ2) is 5.08. The molecule has 0 unspecified atom stereocenters. The van der Waals surface area contributed by atoms with E-state index in [0.29, 0.717) is 17.5 Å². The van der Waals surface area contributed by atoms with Crippen molar-refractivity contribution < 1.29 is 4.52 Å². The maximum absolute atomic E-state index is 5.32. The number of aromatic nitrogens is 5. The minimum atomic E-state index is 0.446. The number of nitrogens with one attached hydrogen (secondary N) is 1. The van der Waals surface area contributed by atoms with Gasteiger partial charge in [-0.25, -0.2) is 4.98 Å². The van der Waals surface area contributed by atoms with Crippen molar-refractivity contribution in [2.75, 3.05) is 18.0 Å². The molecule has 4 rings (SSSR count). The maximum Gasteiger partial charge on any atom is 0.263 e. The van der Waals surface area contributed by atoms with Gasteiger partial charge in [0.05, 0.1) is 5.69 Å². The molecule has 7 heteroatoms. The minimum absolute atomic E-state index is 0.446. The number of nitrogens with zero attached hydrogens (tertiary/aromatic N) is 5. The van der Waals surface area contributed by atoms with E-state index in [0.717, 1.165) is 42.8 Å². The van der Waals surface area contributed by atoms with Gasteiger partial charge in [-0.05, 0) is 32.8 Å². The first-order valence-electron chi connectivity index (χ1n) is 7.57. The van der Waals surface area contributed by atoms with Crippen LogP contribution in [0.4, 0.5) is 5.82 Å². The van der Waals surface area contributed by atoms with Crippen LogP contribution in [0, 0.1) is 13.8 Å². The highest BCUT2D eigenvalue weighted by molar-refractivity contribution is 5.88. The van der Waals surface area contributed by atoms with E-state index in [1.165, 1.54) is 5.69 Å². The van der Waals surface area contributed by atoms with Gasteiger partial charge < -0.3 is 9.42 Å². The summed E-state index contributed by atoms with van der Waals surface area (Å²) in [5, 5.41) is 12.1. The molecule has 3 aromatic heterocycles. The first kappa shape index (κ1) is 13.2. The van der Waals surface area contributed by atoms with Crippen LogP contribution >= 0.6 is 0 Å². The Bertz CT molecular complexity index is 794. The Labute approximate surface area is 127 Å². The molecule has 4 heterocycles. The fourth-order valence-electron chi connectivity index (χ4n) is 3.22. The van der Waals surface area contributed by atoms with Crippen LogP contribution in [0.15, 0.2) is 16.8 Å². The lowest BCUT2D eigenvalue weighted by Gasteiger charge is -2.33. The molecule has 1 aliphatic rings. The van der Waals surface area contributed by atoms with Crippen molar-refractivity contribution in [1.29, 1.82) is 0 Å². The van der Waals surface area contributed by atoms with Crippen LogP contribution in [0.5, 0.6) is 0 Å². The predicted molar refractivity (Wildman–Crippen MR) is 81.8 cm³/mol. The van der Waals surface area contributed by atoms with Crippen molar-refractivity contribution >= 4 is 16.9 Å². The summed E-state index contributed by atoms with van der Waals surface area (Å²) in [4.78, 5) is 11.3. The van der Waals surface area contributed by atoms with Gasteiger partial charge in [0.1, 0.15) is 17.0 Å². The van der Waals surface area contributed by atoms with Crippen molar-refractivity contribution in [3.63, 3.8) is 0 Å². The van der Waals surface area contributed by atoms with E-state index in [9.17, 15) is 0 Å². The number of fused-ring (bicyclic) bond motifs is 1. The van der Waals surface area contributed by atoms with E-state index < -0.39 is 0 Å². The molecule has 0 radical (unpaired) electrons. The van der Waals surface area contributed by atoms with Crippen LogP contribution in [-0.2, 0) is 0 Å². The topological polar surface area (TPSA) is 83.7 Å². The second-order valence-electron chi connectivity index (χ2n) is 5.84. The van der Waals surface area contributed by atoms with Gasteiger partial charge in [-0.1, -0.05) is 5.16 Å². The highest BCUT2D eigenvalue weighted by Gasteiger charge is 2.26. The zero-order valence-corrected chi connectivity index (χ0v) is 12.7. The van der Waals surface area contributed by atoms with E-state index in [2.05, 4.69) is 36.3 Å². The van der Waals surface area contributed by atoms with Crippen molar-refractivity contribution in [3.8, 4) is 0 Å². The lowest BCUT2D eigenvalue weighted by Crippen LogP contribution is -2.35. The normalized spacial score (nSPS) is 19.0. The van der Waals surface area contributed by atoms with Gasteiger partial charge in [0.25, 0.3) is 5.71 Å². The Balaban J connectivity index is 1.73. The van der Waals surface area contributed by atoms with Crippen molar-refractivity contribution in [3.05, 3.63) is 29.5 Å². The van der Waals surface area contributed by atoms with E-state index in [1.54, 1.807) is 0 Å². The molecular formula is C15H18N6O. The molecule has 0 aliphatic carbocycles. The van der Waals surface area contributed by atoms with Gasteiger partial charge in [-0.2, -0.15) is 10.1 Å². The van der Waals surface area contributed by atoms with Gasteiger partial charge >= 0.3 is 0 Å². The molecule has 0 spiro atoms. The molecule has 114 valence electrons. The summed E-state index contributed by atoms with van der Waals surface area (Å²) in [5.41, 5.74) is 2.60. The molecular weight excluding hydrogens is 280 g/mol. The first-order chi connectivity index (χ1) is 10.7. The maximum atomic E-state index is 5.32. The van der Waals surface area contributed by atoms with E-state index >= 15 is 0 Å². The molecule has 3 aromatic rings. The molecule has 0 amide bonds. The Morgan fingerprint density at radius 2 is 2.23 bits per heavy atom. The average Bonchev–Trinajstić information content (AvgIpc) is 3.17.